The molecule has 0 aromatic carbocycles. The maximum atomic E-state index is 12.9. The summed E-state index contributed by atoms with van der Waals surface area (Å²) in [6, 6.07) is 6.12. The Morgan fingerprint density at radius 2 is 1.97 bits per heavy atom. The molecule has 7 N–H and O–H groups in total. The second kappa shape index (κ2) is 11.2. The molecule has 0 radical (unpaired) electrons. The van der Waals surface area contributed by atoms with Crippen LogP contribution in [0.1, 0.15) is 36.2 Å². The molecule has 1 aliphatic heterocycles. The van der Waals surface area contributed by atoms with E-state index in [4.69, 9.17) is 10.5 Å². The van der Waals surface area contributed by atoms with Crippen molar-refractivity contribution in [2.45, 2.75) is 37.8 Å². The highest BCUT2D eigenvalue weighted by Crippen LogP contribution is 2.41. The van der Waals surface area contributed by atoms with E-state index in [1.165, 1.54) is 35.7 Å². The number of ether oxygens (including phenoxy) is 1. The maximum absolute atomic E-state index is 12.9. The Balaban J connectivity index is 1.28. The van der Waals surface area contributed by atoms with Crippen LogP contribution in [-0.2, 0) is 4.74 Å². The molecule has 2 fully saturated rings. The van der Waals surface area contributed by atoms with Gasteiger partial charge in [0.25, 0.3) is 5.91 Å². The molecule has 39 heavy (non-hydrogen) atoms. The van der Waals surface area contributed by atoms with Gasteiger partial charge in [-0.3, -0.25) is 9.59 Å². The number of nitrogens with one attached hydrogen (secondary N) is 2. The van der Waals surface area contributed by atoms with Gasteiger partial charge in [0.05, 0.1) is 56.1 Å². The van der Waals surface area contributed by atoms with Gasteiger partial charge in [0.15, 0.2) is 11.1 Å². The predicted molar refractivity (Wildman–Crippen MR) is 159 cm³/mol. The topological polar surface area (TPSA) is 150 Å². The van der Waals surface area contributed by atoms with Crippen LogP contribution in [0.5, 0.6) is 0 Å². The standard InChI is InChI=1S/C26H29N7O3S3/c27-16-3-1-2-4-17(16)30-14-9-18(23(26(28)35)29-12-14)31-21-11-20(39-32-21)15-13-37-25-19(34)10-22(38-24(15)25)33-5-7-36-8-6-33/h9-13,16-17,30H,1-8,27H2,(H2,28,35)(H,31,32)/p+1/t16-,17+/m1/s1. The van der Waals surface area contributed by atoms with Gasteiger partial charge in [0.1, 0.15) is 11.9 Å². The molecule has 1 amide bonds. The third-order valence-electron chi connectivity index (χ3n) is 7.17. The summed E-state index contributed by atoms with van der Waals surface area (Å²) in [5.41, 5.74) is 12.4. The third kappa shape index (κ3) is 5.50. The molecule has 0 bridgehead atoms. The molecule has 2 aliphatic rings. The molecular formula is C26H30N7O3S3+. The summed E-state index contributed by atoms with van der Waals surface area (Å²) in [6.07, 6.45) is 6.16. The molecule has 4 aromatic rings. The van der Waals surface area contributed by atoms with E-state index in [-0.39, 0.29) is 17.2 Å². The van der Waals surface area contributed by atoms with Crippen LogP contribution in [-0.4, -0.2) is 53.7 Å². The SMILES string of the molecule is NC(=O)c1ncc(N[C@H]2CCCC[C@H]2[NH3+])cc1Nc1cc(-c2csc3c(=O)cc(N4CCOCC4)sc23)sn1. The summed E-state index contributed by atoms with van der Waals surface area (Å²) in [4.78, 5) is 32.5. The lowest BCUT2D eigenvalue weighted by atomic mass is 9.91. The lowest BCUT2D eigenvalue weighted by Gasteiger charge is -2.28. The molecule has 0 unspecified atom stereocenters. The molecule has 6 rings (SSSR count). The van der Waals surface area contributed by atoms with Gasteiger partial charge in [-0.15, -0.1) is 22.7 Å². The van der Waals surface area contributed by atoms with Gasteiger partial charge >= 0.3 is 0 Å². The molecule has 1 saturated carbocycles. The van der Waals surface area contributed by atoms with Crippen molar-refractivity contribution < 1.29 is 15.3 Å². The van der Waals surface area contributed by atoms with Crippen molar-refractivity contribution in [2.24, 2.45) is 5.73 Å². The van der Waals surface area contributed by atoms with E-state index in [9.17, 15) is 9.59 Å². The number of amides is 1. The Morgan fingerprint density at radius 1 is 1.15 bits per heavy atom. The lowest BCUT2D eigenvalue weighted by Crippen LogP contribution is -2.68. The Bertz CT molecular complexity index is 1560. The molecule has 1 aliphatic carbocycles. The number of aromatic nitrogens is 2. The fourth-order valence-corrected chi connectivity index (χ4v) is 8.32. The predicted octanol–water partition coefficient (Wildman–Crippen LogP) is 3.49. The summed E-state index contributed by atoms with van der Waals surface area (Å²) in [5, 5.41) is 9.76. The van der Waals surface area contributed by atoms with Crippen molar-refractivity contribution in [3.05, 3.63) is 45.7 Å². The summed E-state index contributed by atoms with van der Waals surface area (Å²) in [5.74, 6) is -0.0309. The number of carbonyl (C=O) groups excluding carboxylic acids is 1. The van der Waals surface area contributed by atoms with Gasteiger partial charge < -0.3 is 31.7 Å². The average Bonchev–Trinajstić information content (AvgIpc) is 3.58. The van der Waals surface area contributed by atoms with Crippen LogP contribution in [0.4, 0.5) is 22.2 Å². The number of anilines is 4. The van der Waals surface area contributed by atoms with Crippen LogP contribution in [0.2, 0.25) is 0 Å². The number of rotatable bonds is 7. The first-order chi connectivity index (χ1) is 19.0. The quantitative estimate of drug-likeness (QED) is 0.258. The number of carbonyl (C=O) groups is 1. The summed E-state index contributed by atoms with van der Waals surface area (Å²) < 4.78 is 11.8. The van der Waals surface area contributed by atoms with Crippen LogP contribution < -0.4 is 32.4 Å². The van der Waals surface area contributed by atoms with Crippen LogP contribution in [0.15, 0.2) is 34.6 Å². The minimum absolute atomic E-state index is 0.0355. The Labute approximate surface area is 237 Å². The Hall–Kier alpha value is -3.10. The summed E-state index contributed by atoms with van der Waals surface area (Å²) in [6.45, 7) is 2.87. The number of quaternary nitrogens is 1. The molecule has 2 atom stereocenters. The van der Waals surface area contributed by atoms with Gasteiger partial charge in [-0.2, -0.15) is 4.37 Å². The van der Waals surface area contributed by atoms with Crippen LogP contribution in [0.25, 0.3) is 19.8 Å². The normalized spacial score (nSPS) is 19.8. The van der Waals surface area contributed by atoms with Crippen LogP contribution in [0, 0.1) is 0 Å². The number of morpholine rings is 1. The molecule has 204 valence electrons. The maximum Gasteiger partial charge on any atom is 0.269 e. The average molecular weight is 585 g/mol. The summed E-state index contributed by atoms with van der Waals surface area (Å²) >= 11 is 4.43. The zero-order valence-corrected chi connectivity index (χ0v) is 23.7. The second-order valence-corrected chi connectivity index (χ2v) is 12.6. The lowest BCUT2D eigenvalue weighted by molar-refractivity contribution is -0.427. The minimum Gasteiger partial charge on any atom is -0.378 e. The highest BCUT2D eigenvalue weighted by Gasteiger charge is 2.25. The van der Waals surface area contributed by atoms with E-state index >= 15 is 0 Å². The van der Waals surface area contributed by atoms with E-state index in [2.05, 4.69) is 30.6 Å². The highest BCUT2D eigenvalue weighted by atomic mass is 32.1. The molecule has 5 heterocycles. The van der Waals surface area contributed by atoms with E-state index in [1.54, 1.807) is 23.6 Å². The van der Waals surface area contributed by atoms with Crippen molar-refractivity contribution in [1.29, 1.82) is 0 Å². The molecule has 4 aromatic heterocycles. The monoisotopic (exact) mass is 584 g/mol. The number of pyridine rings is 1. The molecule has 0 spiro atoms. The minimum atomic E-state index is -0.614. The zero-order valence-electron chi connectivity index (χ0n) is 21.3. The fourth-order valence-electron chi connectivity index (χ4n) is 5.09. The number of fused-ring (bicyclic) bond motifs is 1. The fraction of sp³-hybridized carbons (Fsp3) is 0.385. The zero-order chi connectivity index (χ0) is 26.9. The number of nitrogens with two attached hydrogens (primary N) is 1. The second-order valence-electron chi connectivity index (χ2n) is 9.84. The van der Waals surface area contributed by atoms with Crippen molar-refractivity contribution in [1.82, 2.24) is 9.36 Å². The van der Waals surface area contributed by atoms with E-state index in [1.807, 2.05) is 17.5 Å². The largest absolute Gasteiger partial charge is 0.378 e. The first-order valence-corrected chi connectivity index (χ1v) is 15.4. The Morgan fingerprint density at radius 3 is 2.77 bits per heavy atom. The first kappa shape index (κ1) is 26.1. The van der Waals surface area contributed by atoms with Gasteiger partial charge in [0.2, 0.25) is 0 Å². The highest BCUT2D eigenvalue weighted by molar-refractivity contribution is 7.29. The molecule has 1 saturated heterocycles. The smallest absolute Gasteiger partial charge is 0.269 e. The van der Waals surface area contributed by atoms with E-state index < -0.39 is 5.91 Å². The number of hydrogen-bond donors (Lipinski definition) is 4. The summed E-state index contributed by atoms with van der Waals surface area (Å²) in [7, 11) is 0. The van der Waals surface area contributed by atoms with Crippen molar-refractivity contribution in [3.8, 4) is 10.4 Å². The van der Waals surface area contributed by atoms with Gasteiger partial charge in [-0.1, -0.05) is 6.42 Å². The van der Waals surface area contributed by atoms with Crippen molar-refractivity contribution in [2.75, 3.05) is 41.8 Å². The van der Waals surface area contributed by atoms with E-state index in [0.717, 1.165) is 56.5 Å². The van der Waals surface area contributed by atoms with Crippen LogP contribution in [0.3, 0.4) is 0 Å². The Kier molecular flexibility index (Phi) is 7.49. The number of hydrogen-bond acceptors (Lipinski definition) is 11. The molecule has 13 heteroatoms. The van der Waals surface area contributed by atoms with Gasteiger partial charge in [-0.25, -0.2) is 4.98 Å². The number of nitrogens with zero attached hydrogens (tertiary/aromatic N) is 3. The van der Waals surface area contributed by atoms with Gasteiger partial charge in [0, 0.05) is 42.6 Å². The van der Waals surface area contributed by atoms with Crippen molar-refractivity contribution >= 4 is 71.7 Å². The van der Waals surface area contributed by atoms with Crippen molar-refractivity contribution in [3.63, 3.8) is 0 Å². The number of thiophene rings is 1. The molecule has 10 nitrogen and oxygen atoms in total. The van der Waals surface area contributed by atoms with Gasteiger partial charge in [-0.05, 0) is 30.4 Å². The molecular weight excluding hydrogens is 555 g/mol. The third-order valence-corrected chi connectivity index (χ3v) is 10.3. The number of primary amides is 1. The van der Waals surface area contributed by atoms with Crippen LogP contribution >= 0.6 is 34.2 Å². The first-order valence-electron chi connectivity index (χ1n) is 13.0. The van der Waals surface area contributed by atoms with E-state index in [0.29, 0.717) is 30.8 Å².